The molecule has 4 aliphatic rings. The molecular formula is C23H29N3O3. The number of nitrogens with zero attached hydrogens (tertiary/aromatic N) is 2. The molecule has 2 aliphatic heterocycles. The first-order valence-corrected chi connectivity index (χ1v) is 11.1. The molecule has 3 fully saturated rings. The maximum Gasteiger partial charge on any atom is 0.230 e. The Bertz CT molecular complexity index is 842. The van der Waals surface area contributed by atoms with E-state index in [1.807, 2.05) is 23.1 Å². The zero-order valence-corrected chi connectivity index (χ0v) is 16.9. The number of nitrogens with one attached hydrogen (secondary N) is 1. The molecule has 0 radical (unpaired) electrons. The highest BCUT2D eigenvalue weighted by Gasteiger charge is 2.38. The standard InChI is InChI=1S/C23H29N3O3/c27-21-13-17(22(28)24-18-4-2-1-3-5-18)14-26(21)19-8-9-20-16(12-19)10-11-25(20)23(29)15-6-7-15/h8-9,12,15,17-18H,1-7,10-11,13-14H2,(H,24,28)/t17-/m1/s1. The van der Waals surface area contributed by atoms with Crippen LogP contribution in [0.4, 0.5) is 11.4 Å². The van der Waals surface area contributed by atoms with Crippen molar-refractivity contribution < 1.29 is 14.4 Å². The summed E-state index contributed by atoms with van der Waals surface area (Å²) in [5.41, 5.74) is 2.96. The minimum atomic E-state index is -0.273. The number of anilines is 2. The lowest BCUT2D eigenvalue weighted by Crippen LogP contribution is -2.40. The van der Waals surface area contributed by atoms with Crippen molar-refractivity contribution in [2.75, 3.05) is 22.9 Å². The fraction of sp³-hybridized carbons (Fsp3) is 0.609. The summed E-state index contributed by atoms with van der Waals surface area (Å²) in [6, 6.07) is 6.21. The summed E-state index contributed by atoms with van der Waals surface area (Å²) >= 11 is 0. The number of hydrogen-bond acceptors (Lipinski definition) is 3. The number of fused-ring (bicyclic) bond motifs is 1. The first-order chi connectivity index (χ1) is 14.1. The lowest BCUT2D eigenvalue weighted by atomic mass is 9.95. The van der Waals surface area contributed by atoms with Gasteiger partial charge in [-0.2, -0.15) is 0 Å². The molecule has 1 atom stereocenters. The van der Waals surface area contributed by atoms with E-state index in [1.54, 1.807) is 4.90 Å². The molecular weight excluding hydrogens is 366 g/mol. The average molecular weight is 396 g/mol. The van der Waals surface area contributed by atoms with Crippen LogP contribution in [0.2, 0.25) is 0 Å². The SMILES string of the molecule is O=C(NC1CCCCC1)[C@@H]1CC(=O)N(c2ccc3c(c2)CCN3C(=O)C2CC2)C1. The fourth-order valence-corrected chi connectivity index (χ4v) is 5.03. The predicted molar refractivity (Wildman–Crippen MR) is 111 cm³/mol. The van der Waals surface area contributed by atoms with Gasteiger partial charge in [0.15, 0.2) is 0 Å². The number of benzene rings is 1. The van der Waals surface area contributed by atoms with Crippen LogP contribution in [-0.4, -0.2) is 36.9 Å². The molecule has 6 nitrogen and oxygen atoms in total. The second kappa shape index (κ2) is 7.47. The van der Waals surface area contributed by atoms with Gasteiger partial charge in [-0.3, -0.25) is 14.4 Å². The Hall–Kier alpha value is -2.37. The molecule has 1 aromatic carbocycles. The molecule has 29 heavy (non-hydrogen) atoms. The maximum absolute atomic E-state index is 12.7. The Morgan fingerprint density at radius 3 is 2.55 bits per heavy atom. The van der Waals surface area contributed by atoms with Gasteiger partial charge in [-0.25, -0.2) is 0 Å². The number of hydrogen-bond donors (Lipinski definition) is 1. The number of amides is 3. The minimum absolute atomic E-state index is 0.0117. The van der Waals surface area contributed by atoms with Gasteiger partial charge < -0.3 is 15.1 Å². The second-order valence-electron chi connectivity index (χ2n) is 9.08. The molecule has 0 unspecified atom stereocenters. The molecule has 1 N–H and O–H groups in total. The summed E-state index contributed by atoms with van der Waals surface area (Å²) in [7, 11) is 0. The molecule has 2 aliphatic carbocycles. The highest BCUT2D eigenvalue weighted by molar-refractivity contribution is 6.02. The Morgan fingerprint density at radius 1 is 1.00 bits per heavy atom. The third-order valence-corrected chi connectivity index (χ3v) is 6.91. The van der Waals surface area contributed by atoms with Crippen molar-refractivity contribution >= 4 is 29.1 Å². The summed E-state index contributed by atoms with van der Waals surface area (Å²) in [6.45, 7) is 1.18. The fourth-order valence-electron chi connectivity index (χ4n) is 5.03. The largest absolute Gasteiger partial charge is 0.353 e. The van der Waals surface area contributed by atoms with E-state index in [1.165, 1.54) is 19.3 Å². The molecule has 2 saturated carbocycles. The van der Waals surface area contributed by atoms with E-state index in [4.69, 9.17) is 0 Å². The smallest absolute Gasteiger partial charge is 0.230 e. The molecule has 0 spiro atoms. The van der Waals surface area contributed by atoms with Crippen LogP contribution in [0.5, 0.6) is 0 Å². The minimum Gasteiger partial charge on any atom is -0.353 e. The van der Waals surface area contributed by atoms with E-state index >= 15 is 0 Å². The summed E-state index contributed by atoms with van der Waals surface area (Å²) in [5, 5.41) is 3.17. The van der Waals surface area contributed by atoms with Gasteiger partial charge in [-0.05, 0) is 55.9 Å². The third-order valence-electron chi connectivity index (χ3n) is 6.91. The van der Waals surface area contributed by atoms with Crippen LogP contribution in [-0.2, 0) is 20.8 Å². The van der Waals surface area contributed by atoms with Gasteiger partial charge in [0, 0.05) is 42.8 Å². The Morgan fingerprint density at radius 2 is 1.79 bits per heavy atom. The van der Waals surface area contributed by atoms with Gasteiger partial charge in [0.2, 0.25) is 17.7 Å². The molecule has 5 rings (SSSR count). The van der Waals surface area contributed by atoms with E-state index < -0.39 is 0 Å². The van der Waals surface area contributed by atoms with Gasteiger partial charge in [0.05, 0.1) is 5.92 Å². The normalized spacial score (nSPS) is 24.7. The molecule has 0 bridgehead atoms. The van der Waals surface area contributed by atoms with Crippen LogP contribution in [0, 0.1) is 11.8 Å². The van der Waals surface area contributed by atoms with Crippen LogP contribution in [0.3, 0.4) is 0 Å². The van der Waals surface area contributed by atoms with Crippen LogP contribution < -0.4 is 15.1 Å². The van der Waals surface area contributed by atoms with Crippen molar-refractivity contribution in [1.29, 1.82) is 0 Å². The van der Waals surface area contributed by atoms with E-state index in [9.17, 15) is 14.4 Å². The van der Waals surface area contributed by atoms with Crippen molar-refractivity contribution in [1.82, 2.24) is 5.32 Å². The van der Waals surface area contributed by atoms with Crippen molar-refractivity contribution in [2.45, 2.75) is 63.8 Å². The quantitative estimate of drug-likeness (QED) is 0.852. The van der Waals surface area contributed by atoms with Crippen molar-refractivity contribution in [3.8, 4) is 0 Å². The van der Waals surface area contributed by atoms with Gasteiger partial charge >= 0.3 is 0 Å². The van der Waals surface area contributed by atoms with E-state index in [0.717, 1.165) is 55.6 Å². The number of carbonyl (C=O) groups is 3. The second-order valence-corrected chi connectivity index (χ2v) is 9.08. The highest BCUT2D eigenvalue weighted by Crippen LogP contribution is 2.38. The average Bonchev–Trinajstić information content (AvgIpc) is 3.38. The summed E-state index contributed by atoms with van der Waals surface area (Å²) < 4.78 is 0. The number of rotatable bonds is 4. The van der Waals surface area contributed by atoms with Gasteiger partial charge in [-0.1, -0.05) is 19.3 Å². The van der Waals surface area contributed by atoms with E-state index in [0.29, 0.717) is 6.54 Å². The van der Waals surface area contributed by atoms with Crippen LogP contribution in [0.1, 0.15) is 56.9 Å². The Kier molecular flexibility index (Phi) is 4.80. The summed E-state index contributed by atoms with van der Waals surface area (Å²) in [5.74, 6) is 0.218. The van der Waals surface area contributed by atoms with E-state index in [2.05, 4.69) is 5.32 Å². The van der Waals surface area contributed by atoms with Crippen molar-refractivity contribution in [2.24, 2.45) is 11.8 Å². The third kappa shape index (κ3) is 3.65. The highest BCUT2D eigenvalue weighted by atomic mass is 16.2. The van der Waals surface area contributed by atoms with Gasteiger partial charge in [0.25, 0.3) is 0 Å². The molecule has 6 heteroatoms. The topological polar surface area (TPSA) is 69.7 Å². The molecule has 0 aromatic heterocycles. The van der Waals surface area contributed by atoms with Crippen LogP contribution in [0.15, 0.2) is 18.2 Å². The zero-order chi connectivity index (χ0) is 20.0. The van der Waals surface area contributed by atoms with Gasteiger partial charge in [-0.15, -0.1) is 0 Å². The lowest BCUT2D eigenvalue weighted by Gasteiger charge is -2.24. The van der Waals surface area contributed by atoms with Crippen LogP contribution in [0.25, 0.3) is 0 Å². The zero-order valence-electron chi connectivity index (χ0n) is 16.9. The summed E-state index contributed by atoms with van der Waals surface area (Å²) in [6.07, 6.45) is 8.84. The molecule has 2 heterocycles. The van der Waals surface area contributed by atoms with Crippen molar-refractivity contribution in [3.63, 3.8) is 0 Å². The van der Waals surface area contributed by atoms with Crippen molar-refractivity contribution in [3.05, 3.63) is 23.8 Å². The van der Waals surface area contributed by atoms with Gasteiger partial charge in [0.1, 0.15) is 0 Å². The molecule has 3 amide bonds. The monoisotopic (exact) mass is 395 g/mol. The Balaban J connectivity index is 1.26. The first kappa shape index (κ1) is 18.6. The molecule has 1 saturated heterocycles. The Labute approximate surface area is 171 Å². The number of carbonyl (C=O) groups excluding carboxylic acids is 3. The maximum atomic E-state index is 12.7. The molecule has 154 valence electrons. The van der Waals surface area contributed by atoms with E-state index in [-0.39, 0.29) is 42.0 Å². The lowest BCUT2D eigenvalue weighted by molar-refractivity contribution is -0.127. The predicted octanol–water partition coefficient (Wildman–Crippen LogP) is 2.79. The molecule has 1 aromatic rings. The van der Waals surface area contributed by atoms with Crippen LogP contribution >= 0.6 is 0 Å². The summed E-state index contributed by atoms with van der Waals surface area (Å²) in [4.78, 5) is 41.4. The first-order valence-electron chi connectivity index (χ1n) is 11.1.